The lowest BCUT2D eigenvalue weighted by atomic mass is 9.92. The van der Waals surface area contributed by atoms with E-state index in [4.69, 9.17) is 9.47 Å². The van der Waals surface area contributed by atoms with Gasteiger partial charge in [-0.3, -0.25) is 4.79 Å². The summed E-state index contributed by atoms with van der Waals surface area (Å²) in [6, 6.07) is 14.6. The summed E-state index contributed by atoms with van der Waals surface area (Å²) >= 11 is 0. The molecule has 2 aromatic carbocycles. The molecule has 0 aliphatic carbocycles. The highest BCUT2D eigenvalue weighted by Crippen LogP contribution is 2.43. The fraction of sp³-hybridized carbons (Fsp3) is 0.480. The molecular weight excluding hydrogens is 442 g/mol. The predicted octanol–water partition coefficient (Wildman–Crippen LogP) is 3.95. The van der Waals surface area contributed by atoms with Crippen molar-refractivity contribution >= 4 is 15.8 Å². The molecule has 0 amide bonds. The standard InChI is InChI=1S/C25H33NO6S/c1-3-25(24(27)28,33(29,30)22-14-12-21(31-2)13-15-22)23(20-10-6-4-7-11-20)32-19-18-26-16-8-5-9-17-26/h4,6-7,10-15,23H,3,5,8-9,16-19H2,1-2H3,(H,27,28). The number of methoxy groups -OCH3 is 1. The Kier molecular flexibility index (Phi) is 8.51. The number of carbonyl (C=O) groups is 1. The molecule has 2 aromatic rings. The van der Waals surface area contributed by atoms with Crippen LogP contribution in [0.4, 0.5) is 0 Å². The van der Waals surface area contributed by atoms with Crippen LogP contribution in [0.3, 0.4) is 0 Å². The average Bonchev–Trinajstić information content (AvgIpc) is 2.84. The van der Waals surface area contributed by atoms with Crippen LogP contribution in [0.1, 0.15) is 44.3 Å². The van der Waals surface area contributed by atoms with E-state index in [9.17, 15) is 18.3 Å². The normalized spacial score (nSPS) is 17.8. The third kappa shape index (κ3) is 5.23. The monoisotopic (exact) mass is 475 g/mol. The van der Waals surface area contributed by atoms with Crippen LogP contribution in [0.2, 0.25) is 0 Å². The lowest BCUT2D eigenvalue weighted by Crippen LogP contribution is -2.52. The van der Waals surface area contributed by atoms with Crippen molar-refractivity contribution in [3.8, 4) is 5.75 Å². The molecule has 0 saturated carbocycles. The number of hydrogen-bond donors (Lipinski definition) is 1. The molecule has 1 heterocycles. The van der Waals surface area contributed by atoms with Gasteiger partial charge in [-0.25, -0.2) is 8.42 Å². The highest BCUT2D eigenvalue weighted by atomic mass is 32.2. The Bertz CT molecular complexity index is 1000. The molecule has 1 aliphatic heterocycles. The number of aliphatic carboxylic acids is 1. The van der Waals surface area contributed by atoms with Crippen molar-refractivity contribution in [3.63, 3.8) is 0 Å². The molecule has 0 aromatic heterocycles. The van der Waals surface area contributed by atoms with Crippen LogP contribution in [-0.4, -0.2) is 62.5 Å². The summed E-state index contributed by atoms with van der Waals surface area (Å²) in [4.78, 5) is 15.0. The Hall–Kier alpha value is -2.42. The highest BCUT2D eigenvalue weighted by Gasteiger charge is 2.57. The summed E-state index contributed by atoms with van der Waals surface area (Å²) in [5.41, 5.74) is 0.525. The lowest BCUT2D eigenvalue weighted by Gasteiger charge is -2.36. The Morgan fingerprint density at radius 3 is 2.24 bits per heavy atom. The fourth-order valence-corrected chi connectivity index (χ4v) is 6.48. The van der Waals surface area contributed by atoms with Gasteiger partial charge in [0.25, 0.3) is 0 Å². The average molecular weight is 476 g/mol. The zero-order valence-electron chi connectivity index (χ0n) is 19.3. The van der Waals surface area contributed by atoms with Gasteiger partial charge in [0.05, 0.1) is 18.6 Å². The van der Waals surface area contributed by atoms with Crippen LogP contribution in [-0.2, 0) is 19.4 Å². The first-order chi connectivity index (χ1) is 15.9. The molecule has 0 bridgehead atoms. The molecular formula is C25H33NO6S. The van der Waals surface area contributed by atoms with Crippen molar-refractivity contribution in [2.24, 2.45) is 0 Å². The summed E-state index contributed by atoms with van der Waals surface area (Å²) in [6.45, 7) is 4.40. The maximum atomic E-state index is 13.9. The van der Waals surface area contributed by atoms with E-state index in [1.165, 1.54) is 37.8 Å². The minimum Gasteiger partial charge on any atom is -0.497 e. The van der Waals surface area contributed by atoms with Gasteiger partial charge < -0.3 is 19.5 Å². The number of rotatable bonds is 11. The van der Waals surface area contributed by atoms with Gasteiger partial charge in [0.15, 0.2) is 9.84 Å². The maximum Gasteiger partial charge on any atom is 0.328 e. The highest BCUT2D eigenvalue weighted by molar-refractivity contribution is 7.93. The molecule has 7 nitrogen and oxygen atoms in total. The van der Waals surface area contributed by atoms with Gasteiger partial charge in [-0.1, -0.05) is 43.7 Å². The number of carboxylic acids is 1. The largest absolute Gasteiger partial charge is 0.497 e. The molecule has 33 heavy (non-hydrogen) atoms. The Labute approximate surface area is 196 Å². The number of sulfone groups is 1. The van der Waals surface area contributed by atoms with Crippen LogP contribution in [0.25, 0.3) is 0 Å². The topological polar surface area (TPSA) is 93.1 Å². The van der Waals surface area contributed by atoms with Gasteiger partial charge in [-0.05, 0) is 62.2 Å². The zero-order chi connectivity index (χ0) is 23.9. The van der Waals surface area contributed by atoms with Gasteiger partial charge in [0.2, 0.25) is 4.75 Å². The smallest absolute Gasteiger partial charge is 0.328 e. The first-order valence-electron chi connectivity index (χ1n) is 11.4. The Morgan fingerprint density at radius 2 is 1.70 bits per heavy atom. The van der Waals surface area contributed by atoms with Gasteiger partial charge in [0, 0.05) is 6.54 Å². The molecule has 2 atom stereocenters. The summed E-state index contributed by atoms with van der Waals surface area (Å²) < 4.78 is 36.9. The minimum atomic E-state index is -4.33. The quantitative estimate of drug-likeness (QED) is 0.526. The summed E-state index contributed by atoms with van der Waals surface area (Å²) in [5, 5.41) is 10.4. The molecule has 1 saturated heterocycles. The third-order valence-electron chi connectivity index (χ3n) is 6.40. The van der Waals surface area contributed by atoms with Crippen molar-refractivity contribution in [2.75, 3.05) is 33.4 Å². The number of ether oxygens (including phenoxy) is 2. The Balaban J connectivity index is 2.01. The van der Waals surface area contributed by atoms with Crippen LogP contribution in [0, 0.1) is 0 Å². The predicted molar refractivity (Wildman–Crippen MR) is 126 cm³/mol. The van der Waals surface area contributed by atoms with Crippen molar-refractivity contribution < 1.29 is 27.8 Å². The van der Waals surface area contributed by atoms with Crippen LogP contribution in [0.15, 0.2) is 59.5 Å². The summed E-state index contributed by atoms with van der Waals surface area (Å²) in [5.74, 6) is -0.934. The van der Waals surface area contributed by atoms with E-state index in [0.717, 1.165) is 25.9 Å². The number of piperidine rings is 1. The molecule has 1 aliphatic rings. The lowest BCUT2D eigenvalue weighted by molar-refractivity contribution is -0.145. The van der Waals surface area contributed by atoms with Crippen molar-refractivity contribution in [2.45, 2.75) is 48.4 Å². The van der Waals surface area contributed by atoms with Gasteiger partial charge in [-0.2, -0.15) is 0 Å². The van der Waals surface area contributed by atoms with Gasteiger partial charge >= 0.3 is 5.97 Å². The molecule has 3 rings (SSSR count). The molecule has 0 spiro atoms. The van der Waals surface area contributed by atoms with Crippen molar-refractivity contribution in [1.29, 1.82) is 0 Å². The summed E-state index contributed by atoms with van der Waals surface area (Å²) in [6.07, 6.45) is 2.14. The van der Waals surface area contributed by atoms with E-state index < -0.39 is 26.7 Å². The number of benzene rings is 2. The number of nitrogens with zero attached hydrogens (tertiary/aromatic N) is 1. The second-order valence-electron chi connectivity index (χ2n) is 8.29. The molecule has 1 fully saturated rings. The van der Waals surface area contributed by atoms with Crippen LogP contribution in [0.5, 0.6) is 5.75 Å². The Morgan fingerprint density at radius 1 is 1.06 bits per heavy atom. The second kappa shape index (κ2) is 11.1. The molecule has 0 radical (unpaired) electrons. The molecule has 2 unspecified atom stereocenters. The van der Waals surface area contributed by atoms with Crippen molar-refractivity contribution in [1.82, 2.24) is 4.90 Å². The van der Waals surface area contributed by atoms with E-state index >= 15 is 0 Å². The van der Waals surface area contributed by atoms with Crippen LogP contribution >= 0.6 is 0 Å². The van der Waals surface area contributed by atoms with Crippen LogP contribution < -0.4 is 4.74 Å². The fourth-order valence-electron chi connectivity index (χ4n) is 4.47. The molecule has 1 N–H and O–H groups in total. The van der Waals surface area contributed by atoms with Crippen molar-refractivity contribution in [3.05, 3.63) is 60.2 Å². The number of hydrogen-bond acceptors (Lipinski definition) is 6. The first kappa shape index (κ1) is 25.2. The zero-order valence-corrected chi connectivity index (χ0v) is 20.1. The minimum absolute atomic E-state index is 0.0758. The second-order valence-corrected chi connectivity index (χ2v) is 10.5. The number of likely N-dealkylation sites (tertiary alicyclic amines) is 1. The van der Waals surface area contributed by atoms with E-state index in [2.05, 4.69) is 4.90 Å². The SMILES string of the molecule is CCC(C(=O)O)(C(OCCN1CCCCC1)c1ccccc1)S(=O)(=O)c1ccc(OC)cc1. The van der Waals surface area contributed by atoms with E-state index in [-0.39, 0.29) is 17.9 Å². The molecule has 180 valence electrons. The number of carboxylic acid groups (broad SMARTS) is 1. The van der Waals surface area contributed by atoms with Gasteiger partial charge in [-0.15, -0.1) is 0 Å². The van der Waals surface area contributed by atoms with Gasteiger partial charge in [0.1, 0.15) is 11.9 Å². The van der Waals surface area contributed by atoms with E-state index in [1.54, 1.807) is 37.3 Å². The van der Waals surface area contributed by atoms with E-state index in [0.29, 0.717) is 17.9 Å². The third-order valence-corrected chi connectivity index (χ3v) is 8.93. The first-order valence-corrected chi connectivity index (χ1v) is 12.9. The summed E-state index contributed by atoms with van der Waals surface area (Å²) in [7, 11) is -2.85. The molecule has 8 heteroatoms. The van der Waals surface area contributed by atoms with E-state index in [1.807, 2.05) is 0 Å². The maximum absolute atomic E-state index is 13.9.